The number of aromatic nitrogens is 1. The number of pyridine rings is 1. The van der Waals surface area contributed by atoms with Crippen LogP contribution in [-0.4, -0.2) is 29.3 Å². The summed E-state index contributed by atoms with van der Waals surface area (Å²) in [5, 5.41) is 9.57. The predicted octanol–water partition coefficient (Wildman–Crippen LogP) is 2.24. The zero-order chi connectivity index (χ0) is 12.3. The van der Waals surface area contributed by atoms with Gasteiger partial charge >= 0.3 is 0 Å². The molecule has 2 heterocycles. The van der Waals surface area contributed by atoms with Gasteiger partial charge in [-0.25, -0.2) is 0 Å². The van der Waals surface area contributed by atoms with Gasteiger partial charge in [-0.2, -0.15) is 0 Å². The number of hydrogen-bond donors (Lipinski definition) is 1. The largest absolute Gasteiger partial charge is 0.393 e. The SMILES string of the molecule is CCc1ccc(N2CCC([C@@H](C)O)CC2)cn1. The second-order valence-corrected chi connectivity index (χ2v) is 4.93. The van der Waals surface area contributed by atoms with Crippen molar-refractivity contribution in [2.45, 2.75) is 39.2 Å². The van der Waals surface area contributed by atoms with Gasteiger partial charge in [0.1, 0.15) is 0 Å². The maximum Gasteiger partial charge on any atom is 0.0552 e. The Balaban J connectivity index is 1.95. The highest BCUT2D eigenvalue weighted by Crippen LogP contribution is 2.24. The summed E-state index contributed by atoms with van der Waals surface area (Å²) in [4.78, 5) is 6.80. The second kappa shape index (κ2) is 5.50. The van der Waals surface area contributed by atoms with Crippen molar-refractivity contribution >= 4 is 5.69 Å². The van der Waals surface area contributed by atoms with Crippen molar-refractivity contribution in [2.75, 3.05) is 18.0 Å². The van der Waals surface area contributed by atoms with Crippen LogP contribution >= 0.6 is 0 Å². The van der Waals surface area contributed by atoms with Gasteiger partial charge < -0.3 is 10.0 Å². The van der Waals surface area contributed by atoms with Crippen molar-refractivity contribution in [1.29, 1.82) is 0 Å². The number of rotatable bonds is 3. The summed E-state index contributed by atoms with van der Waals surface area (Å²) >= 11 is 0. The molecule has 1 saturated heterocycles. The van der Waals surface area contributed by atoms with Gasteiger partial charge in [-0.15, -0.1) is 0 Å². The second-order valence-electron chi connectivity index (χ2n) is 4.93. The molecular weight excluding hydrogens is 212 g/mol. The van der Waals surface area contributed by atoms with Gasteiger partial charge in [-0.3, -0.25) is 4.98 Å². The van der Waals surface area contributed by atoms with E-state index in [0.29, 0.717) is 5.92 Å². The van der Waals surface area contributed by atoms with Gasteiger partial charge in [-0.05, 0) is 44.2 Å². The lowest BCUT2D eigenvalue weighted by atomic mass is 9.92. The lowest BCUT2D eigenvalue weighted by Crippen LogP contribution is -2.37. The quantitative estimate of drug-likeness (QED) is 0.871. The predicted molar refractivity (Wildman–Crippen MR) is 70.2 cm³/mol. The number of nitrogens with zero attached hydrogens (tertiary/aromatic N) is 2. The van der Waals surface area contributed by atoms with Crippen LogP contribution in [0.1, 0.15) is 32.4 Å². The zero-order valence-corrected chi connectivity index (χ0v) is 10.8. The van der Waals surface area contributed by atoms with E-state index in [-0.39, 0.29) is 6.10 Å². The minimum absolute atomic E-state index is 0.169. The highest BCUT2D eigenvalue weighted by atomic mass is 16.3. The Hall–Kier alpha value is -1.09. The number of aliphatic hydroxyl groups is 1. The number of piperidine rings is 1. The van der Waals surface area contributed by atoms with Crippen molar-refractivity contribution in [3.8, 4) is 0 Å². The van der Waals surface area contributed by atoms with E-state index in [1.807, 2.05) is 13.1 Å². The summed E-state index contributed by atoms with van der Waals surface area (Å²) in [5.41, 5.74) is 2.36. The van der Waals surface area contributed by atoms with Crippen LogP contribution in [0.15, 0.2) is 18.3 Å². The van der Waals surface area contributed by atoms with E-state index in [1.54, 1.807) is 0 Å². The number of hydrogen-bond acceptors (Lipinski definition) is 3. The zero-order valence-electron chi connectivity index (χ0n) is 10.8. The van der Waals surface area contributed by atoms with Crippen molar-refractivity contribution in [1.82, 2.24) is 4.98 Å². The molecule has 0 aliphatic carbocycles. The molecule has 1 atom stereocenters. The van der Waals surface area contributed by atoms with Gasteiger partial charge in [0.15, 0.2) is 0 Å². The maximum atomic E-state index is 9.57. The molecule has 94 valence electrons. The number of anilines is 1. The van der Waals surface area contributed by atoms with E-state index < -0.39 is 0 Å². The third-order valence-electron chi connectivity index (χ3n) is 3.76. The van der Waals surface area contributed by atoms with E-state index in [4.69, 9.17) is 0 Å². The van der Waals surface area contributed by atoms with Crippen LogP contribution in [0.3, 0.4) is 0 Å². The maximum absolute atomic E-state index is 9.57. The molecule has 3 heteroatoms. The van der Waals surface area contributed by atoms with Crippen LogP contribution in [0, 0.1) is 5.92 Å². The van der Waals surface area contributed by atoms with Crippen LogP contribution in [0.25, 0.3) is 0 Å². The first-order valence-corrected chi connectivity index (χ1v) is 6.58. The average molecular weight is 234 g/mol. The Kier molecular flexibility index (Phi) is 4.00. The highest BCUT2D eigenvalue weighted by Gasteiger charge is 2.22. The smallest absolute Gasteiger partial charge is 0.0552 e. The lowest BCUT2D eigenvalue weighted by Gasteiger charge is -2.34. The van der Waals surface area contributed by atoms with Gasteiger partial charge in [0, 0.05) is 18.8 Å². The molecule has 1 aliphatic heterocycles. The normalized spacial score (nSPS) is 19.4. The van der Waals surface area contributed by atoms with Crippen LogP contribution in [0.4, 0.5) is 5.69 Å². The fourth-order valence-corrected chi connectivity index (χ4v) is 2.45. The molecule has 0 saturated carbocycles. The van der Waals surface area contributed by atoms with Crippen molar-refractivity contribution in [3.63, 3.8) is 0 Å². The summed E-state index contributed by atoms with van der Waals surface area (Å²) in [6.07, 6.45) is 4.95. The highest BCUT2D eigenvalue weighted by molar-refractivity contribution is 5.44. The monoisotopic (exact) mass is 234 g/mol. The van der Waals surface area contributed by atoms with Crippen molar-refractivity contribution < 1.29 is 5.11 Å². The number of aryl methyl sites for hydroxylation is 1. The minimum atomic E-state index is -0.169. The Morgan fingerprint density at radius 2 is 2.12 bits per heavy atom. The van der Waals surface area contributed by atoms with E-state index >= 15 is 0 Å². The Morgan fingerprint density at radius 3 is 2.59 bits per heavy atom. The molecule has 0 radical (unpaired) electrons. The summed E-state index contributed by atoms with van der Waals surface area (Å²) < 4.78 is 0. The number of aliphatic hydroxyl groups excluding tert-OH is 1. The third kappa shape index (κ3) is 2.97. The third-order valence-corrected chi connectivity index (χ3v) is 3.76. The van der Waals surface area contributed by atoms with E-state index in [1.165, 1.54) is 5.69 Å². The molecule has 1 aliphatic rings. The molecule has 0 bridgehead atoms. The van der Waals surface area contributed by atoms with Gasteiger partial charge in [0.2, 0.25) is 0 Å². The molecule has 1 N–H and O–H groups in total. The minimum Gasteiger partial charge on any atom is -0.393 e. The first-order valence-electron chi connectivity index (χ1n) is 6.58. The summed E-state index contributed by atoms with van der Waals surface area (Å²) in [5.74, 6) is 0.467. The Morgan fingerprint density at radius 1 is 1.41 bits per heavy atom. The van der Waals surface area contributed by atoms with E-state index in [2.05, 4.69) is 28.9 Å². The van der Waals surface area contributed by atoms with Crippen LogP contribution in [0.5, 0.6) is 0 Å². The van der Waals surface area contributed by atoms with E-state index in [0.717, 1.165) is 38.0 Å². The summed E-state index contributed by atoms with van der Waals surface area (Å²) in [7, 11) is 0. The molecule has 0 aromatic carbocycles. The fraction of sp³-hybridized carbons (Fsp3) is 0.643. The summed E-state index contributed by atoms with van der Waals surface area (Å²) in [6, 6.07) is 4.27. The molecule has 0 amide bonds. The van der Waals surface area contributed by atoms with Gasteiger partial charge in [0.05, 0.1) is 18.0 Å². The van der Waals surface area contributed by atoms with Crippen molar-refractivity contribution in [3.05, 3.63) is 24.0 Å². The molecule has 2 rings (SSSR count). The standard InChI is InChI=1S/C14H22N2O/c1-3-13-4-5-14(10-15-13)16-8-6-12(7-9-16)11(2)17/h4-5,10-12,17H,3,6-9H2,1-2H3/t11-/m1/s1. The molecule has 1 fully saturated rings. The van der Waals surface area contributed by atoms with E-state index in [9.17, 15) is 5.11 Å². The first kappa shape index (κ1) is 12.4. The topological polar surface area (TPSA) is 36.4 Å². The molecule has 1 aromatic rings. The molecule has 1 aromatic heterocycles. The van der Waals surface area contributed by atoms with Gasteiger partial charge in [-0.1, -0.05) is 6.92 Å². The molecule has 0 spiro atoms. The van der Waals surface area contributed by atoms with Gasteiger partial charge in [0.25, 0.3) is 0 Å². The fourth-order valence-electron chi connectivity index (χ4n) is 2.45. The average Bonchev–Trinajstić information content (AvgIpc) is 2.39. The Bertz CT molecular complexity index is 340. The van der Waals surface area contributed by atoms with Crippen LogP contribution < -0.4 is 4.90 Å². The van der Waals surface area contributed by atoms with Crippen LogP contribution in [0.2, 0.25) is 0 Å². The Labute approximate surface area is 103 Å². The molecular formula is C14H22N2O. The van der Waals surface area contributed by atoms with Crippen LogP contribution in [-0.2, 0) is 6.42 Å². The molecule has 17 heavy (non-hydrogen) atoms. The molecule has 0 unspecified atom stereocenters. The van der Waals surface area contributed by atoms with Crippen molar-refractivity contribution in [2.24, 2.45) is 5.92 Å². The summed E-state index contributed by atoms with van der Waals surface area (Å²) in [6.45, 7) is 6.08. The molecule has 3 nitrogen and oxygen atoms in total. The lowest BCUT2D eigenvalue weighted by molar-refractivity contribution is 0.110. The first-order chi connectivity index (χ1) is 8.20.